The molecule has 9 nitrogen and oxygen atoms in total. The number of ether oxygens (including phenoxy) is 1. The van der Waals surface area contributed by atoms with Crippen LogP contribution in [0.2, 0.25) is 0 Å². The van der Waals surface area contributed by atoms with E-state index in [1.54, 1.807) is 18.2 Å². The van der Waals surface area contributed by atoms with Gasteiger partial charge in [0.1, 0.15) is 17.8 Å². The third-order valence-corrected chi connectivity index (χ3v) is 5.27. The van der Waals surface area contributed by atoms with Crippen LogP contribution < -0.4 is 16.4 Å². The lowest BCUT2D eigenvalue weighted by molar-refractivity contribution is -0.123. The highest BCUT2D eigenvalue weighted by Gasteiger charge is 2.44. The fourth-order valence-corrected chi connectivity index (χ4v) is 3.65. The molecule has 0 aliphatic heterocycles. The maximum Gasteiger partial charge on any atom is 0.411 e. The summed E-state index contributed by atoms with van der Waals surface area (Å²) in [5.41, 5.74) is 7.52. The summed E-state index contributed by atoms with van der Waals surface area (Å²) in [5.74, 6) is -1.18. The Labute approximate surface area is 184 Å². The van der Waals surface area contributed by atoms with Crippen LogP contribution in [0.1, 0.15) is 27.2 Å². The summed E-state index contributed by atoms with van der Waals surface area (Å²) < 4.78 is 5.24. The quantitative estimate of drug-likeness (QED) is 0.546. The number of benzene rings is 2. The summed E-state index contributed by atoms with van der Waals surface area (Å²) in [6, 6.07) is 14.6. The average molecular weight is 431 g/mol. The Hall–Kier alpha value is -4.27. The molecule has 2 aromatic carbocycles. The third-order valence-electron chi connectivity index (χ3n) is 5.27. The Kier molecular flexibility index (Phi) is 5.80. The topological polar surface area (TPSA) is 136 Å². The van der Waals surface area contributed by atoms with Gasteiger partial charge in [-0.3, -0.25) is 19.9 Å². The van der Waals surface area contributed by atoms with Crippen molar-refractivity contribution in [2.75, 3.05) is 5.32 Å². The van der Waals surface area contributed by atoms with Crippen molar-refractivity contribution in [2.24, 2.45) is 5.73 Å². The second-order valence-corrected chi connectivity index (χ2v) is 7.51. The first-order chi connectivity index (χ1) is 15.4. The van der Waals surface area contributed by atoms with Crippen LogP contribution >= 0.6 is 0 Å². The molecule has 3 aromatic rings. The summed E-state index contributed by atoms with van der Waals surface area (Å²) in [7, 11) is 0. The second kappa shape index (κ2) is 8.84. The van der Waals surface area contributed by atoms with Gasteiger partial charge in [-0.05, 0) is 28.8 Å². The average Bonchev–Trinajstić information content (AvgIpc) is 3.18. The van der Waals surface area contributed by atoms with E-state index in [1.165, 1.54) is 18.6 Å². The number of carbonyl (C=O) groups is 3. The van der Waals surface area contributed by atoms with Crippen LogP contribution in [0.4, 0.5) is 10.5 Å². The number of amides is 3. The molecule has 32 heavy (non-hydrogen) atoms. The minimum Gasteiger partial charge on any atom is -0.444 e. The van der Waals surface area contributed by atoms with Gasteiger partial charge in [-0.15, -0.1) is 0 Å². The highest BCUT2D eigenvalue weighted by atomic mass is 16.5. The van der Waals surface area contributed by atoms with Crippen LogP contribution in [0, 0.1) is 0 Å². The molecule has 4 N–H and O–H groups in total. The molecule has 1 unspecified atom stereocenters. The summed E-state index contributed by atoms with van der Waals surface area (Å²) in [6.45, 7) is 0.150. The van der Waals surface area contributed by atoms with Crippen molar-refractivity contribution in [3.8, 4) is 0 Å². The standard InChI is InChI=1S/C23H21N5O4/c24-21(30)23(28-20(29)19-13-25-8-9-26-19)11-16-6-7-18(10-17(16)12-23)27-22(31)32-14-15-4-2-1-3-5-15/h1-10,13H,11-12,14H2,(H2,24,30)(H,27,31)(H,28,29). The molecule has 0 radical (unpaired) electrons. The van der Waals surface area contributed by atoms with E-state index in [1.807, 2.05) is 30.3 Å². The Morgan fingerprint density at radius 1 is 1.03 bits per heavy atom. The van der Waals surface area contributed by atoms with Crippen molar-refractivity contribution in [3.63, 3.8) is 0 Å². The molecule has 162 valence electrons. The Bertz CT molecular complexity index is 1150. The van der Waals surface area contributed by atoms with Crippen molar-refractivity contribution in [1.82, 2.24) is 15.3 Å². The van der Waals surface area contributed by atoms with Crippen molar-refractivity contribution < 1.29 is 19.1 Å². The van der Waals surface area contributed by atoms with Gasteiger partial charge in [0, 0.05) is 30.9 Å². The molecule has 1 aromatic heterocycles. The lowest BCUT2D eigenvalue weighted by Gasteiger charge is -2.26. The van der Waals surface area contributed by atoms with Crippen LogP contribution in [0.5, 0.6) is 0 Å². The summed E-state index contributed by atoms with van der Waals surface area (Å²) in [4.78, 5) is 44.9. The number of nitrogens with two attached hydrogens (primary N) is 1. The Balaban J connectivity index is 1.43. The van der Waals surface area contributed by atoms with Crippen LogP contribution in [0.3, 0.4) is 0 Å². The largest absolute Gasteiger partial charge is 0.444 e. The van der Waals surface area contributed by atoms with Crippen molar-refractivity contribution in [3.05, 3.63) is 89.5 Å². The van der Waals surface area contributed by atoms with Crippen LogP contribution in [-0.4, -0.2) is 33.4 Å². The first-order valence-corrected chi connectivity index (χ1v) is 9.93. The van der Waals surface area contributed by atoms with Crippen LogP contribution in [-0.2, 0) is 29.0 Å². The van der Waals surface area contributed by atoms with E-state index >= 15 is 0 Å². The van der Waals surface area contributed by atoms with Gasteiger partial charge in [-0.2, -0.15) is 0 Å². The van der Waals surface area contributed by atoms with E-state index in [0.717, 1.165) is 16.7 Å². The summed E-state index contributed by atoms with van der Waals surface area (Å²) in [5, 5.41) is 5.41. The molecular formula is C23H21N5O4. The van der Waals surface area contributed by atoms with E-state index in [0.29, 0.717) is 5.69 Å². The molecule has 0 saturated heterocycles. The minimum atomic E-state index is -1.29. The molecule has 1 aliphatic carbocycles. The predicted octanol–water partition coefficient (Wildman–Crippen LogP) is 1.98. The fraction of sp³-hybridized carbons (Fsp3) is 0.174. The van der Waals surface area contributed by atoms with E-state index in [-0.39, 0.29) is 25.1 Å². The number of anilines is 1. The molecule has 0 saturated carbocycles. The van der Waals surface area contributed by atoms with Gasteiger partial charge in [0.15, 0.2) is 0 Å². The molecular weight excluding hydrogens is 410 g/mol. The molecule has 1 atom stereocenters. The zero-order chi connectivity index (χ0) is 22.6. The second-order valence-electron chi connectivity index (χ2n) is 7.51. The minimum absolute atomic E-state index is 0.0904. The number of nitrogens with one attached hydrogen (secondary N) is 2. The summed E-state index contributed by atoms with van der Waals surface area (Å²) in [6.07, 6.45) is 4.00. The highest BCUT2D eigenvalue weighted by molar-refractivity contribution is 5.98. The van der Waals surface area contributed by atoms with E-state index < -0.39 is 23.4 Å². The number of fused-ring (bicyclic) bond motifs is 1. The molecule has 4 rings (SSSR count). The monoisotopic (exact) mass is 431 g/mol. The van der Waals surface area contributed by atoms with E-state index in [4.69, 9.17) is 10.5 Å². The third kappa shape index (κ3) is 4.56. The maximum absolute atomic E-state index is 12.6. The molecule has 1 heterocycles. The lowest BCUT2D eigenvalue weighted by Crippen LogP contribution is -2.58. The van der Waals surface area contributed by atoms with Crippen LogP contribution in [0.15, 0.2) is 67.1 Å². The molecule has 0 fully saturated rings. The molecule has 0 bridgehead atoms. The number of rotatable bonds is 6. The van der Waals surface area contributed by atoms with Gasteiger partial charge in [0.05, 0.1) is 6.20 Å². The number of nitrogens with zero attached hydrogens (tertiary/aromatic N) is 2. The number of hydrogen-bond acceptors (Lipinski definition) is 6. The van der Waals surface area contributed by atoms with Gasteiger partial charge in [-0.1, -0.05) is 36.4 Å². The zero-order valence-electron chi connectivity index (χ0n) is 17.1. The van der Waals surface area contributed by atoms with Gasteiger partial charge in [0.2, 0.25) is 5.91 Å². The normalized spacial score (nSPS) is 16.6. The van der Waals surface area contributed by atoms with Crippen molar-refractivity contribution in [2.45, 2.75) is 25.0 Å². The molecule has 1 aliphatic rings. The number of primary amides is 1. The SMILES string of the molecule is NC(=O)C1(NC(=O)c2cnccn2)Cc2ccc(NC(=O)OCc3ccccc3)cc2C1. The predicted molar refractivity (Wildman–Crippen MR) is 116 cm³/mol. The van der Waals surface area contributed by atoms with Gasteiger partial charge >= 0.3 is 6.09 Å². The number of aromatic nitrogens is 2. The lowest BCUT2D eigenvalue weighted by atomic mass is 9.94. The van der Waals surface area contributed by atoms with Gasteiger partial charge in [-0.25, -0.2) is 9.78 Å². The van der Waals surface area contributed by atoms with Crippen molar-refractivity contribution in [1.29, 1.82) is 0 Å². The smallest absolute Gasteiger partial charge is 0.411 e. The molecule has 0 spiro atoms. The highest BCUT2D eigenvalue weighted by Crippen LogP contribution is 2.32. The van der Waals surface area contributed by atoms with E-state index in [2.05, 4.69) is 20.6 Å². The van der Waals surface area contributed by atoms with Gasteiger partial charge in [0.25, 0.3) is 5.91 Å². The molecule has 9 heteroatoms. The number of carbonyl (C=O) groups excluding carboxylic acids is 3. The maximum atomic E-state index is 12.6. The van der Waals surface area contributed by atoms with E-state index in [9.17, 15) is 14.4 Å². The number of hydrogen-bond donors (Lipinski definition) is 3. The fourth-order valence-electron chi connectivity index (χ4n) is 3.65. The van der Waals surface area contributed by atoms with Gasteiger partial charge < -0.3 is 15.8 Å². The molecule has 3 amide bonds. The van der Waals surface area contributed by atoms with Crippen molar-refractivity contribution >= 4 is 23.6 Å². The first-order valence-electron chi connectivity index (χ1n) is 9.93. The first kappa shape index (κ1) is 21.0. The zero-order valence-corrected chi connectivity index (χ0v) is 17.1. The summed E-state index contributed by atoms with van der Waals surface area (Å²) >= 11 is 0. The Morgan fingerprint density at radius 2 is 1.81 bits per heavy atom. The van der Waals surface area contributed by atoms with Crippen LogP contribution in [0.25, 0.3) is 0 Å². The Morgan fingerprint density at radius 3 is 2.53 bits per heavy atom.